The van der Waals surface area contributed by atoms with Gasteiger partial charge in [-0.3, -0.25) is 14.4 Å². The van der Waals surface area contributed by atoms with Crippen LogP contribution in [-0.2, 0) is 28.6 Å². The normalized spacial score (nSPS) is 12.0. The zero-order valence-corrected chi connectivity index (χ0v) is 44.0. The van der Waals surface area contributed by atoms with E-state index >= 15 is 0 Å². The minimum atomic E-state index is -0.765. The van der Waals surface area contributed by atoms with E-state index in [4.69, 9.17) is 14.2 Å². The number of carbonyl (C=O) groups is 3. The van der Waals surface area contributed by atoms with Crippen LogP contribution in [0.5, 0.6) is 0 Å². The Balaban J connectivity index is 4.27. The fraction of sp³-hybridized carbons (Fsp3) is 0.915. The largest absolute Gasteiger partial charge is 0.462 e. The van der Waals surface area contributed by atoms with Crippen LogP contribution in [0.2, 0.25) is 0 Å². The van der Waals surface area contributed by atoms with Crippen LogP contribution < -0.4 is 0 Å². The van der Waals surface area contributed by atoms with Crippen LogP contribution in [0.1, 0.15) is 329 Å². The highest BCUT2D eigenvalue weighted by Crippen LogP contribution is 2.17. The fourth-order valence-corrected chi connectivity index (χ4v) is 8.85. The van der Waals surface area contributed by atoms with Crippen LogP contribution in [0.4, 0.5) is 0 Å². The maximum atomic E-state index is 12.8. The van der Waals surface area contributed by atoms with Crippen molar-refractivity contribution in [2.24, 2.45) is 0 Å². The molecule has 0 fully saturated rings. The smallest absolute Gasteiger partial charge is 0.306 e. The number of hydrogen-bond donors (Lipinski definition) is 0. The molecule has 0 aliphatic rings. The lowest BCUT2D eigenvalue weighted by Crippen LogP contribution is -2.30. The zero-order valence-electron chi connectivity index (χ0n) is 44.0. The Morgan fingerprint density at radius 2 is 0.508 bits per heavy atom. The number of esters is 3. The van der Waals surface area contributed by atoms with Crippen LogP contribution in [-0.4, -0.2) is 37.2 Å². The molecule has 6 heteroatoms. The standard InChI is InChI=1S/C59H112O6/c1-4-7-10-13-16-19-22-24-26-28-29-31-33-35-38-41-44-47-50-53-59(62)65-56(54-63-57(60)51-48-45-42-39-36-21-18-15-12-9-6-3)55-64-58(61)52-49-46-43-40-37-34-32-30-27-25-23-20-17-14-11-8-5-2/h24,26,56H,4-23,25,27-55H2,1-3H3/b26-24-/t56-/m0/s1. The number of rotatable bonds is 54. The van der Waals surface area contributed by atoms with Gasteiger partial charge in [-0.05, 0) is 44.9 Å². The van der Waals surface area contributed by atoms with Gasteiger partial charge >= 0.3 is 17.9 Å². The molecule has 0 aromatic rings. The van der Waals surface area contributed by atoms with E-state index in [1.807, 2.05) is 0 Å². The molecule has 0 heterocycles. The van der Waals surface area contributed by atoms with Gasteiger partial charge in [0.2, 0.25) is 0 Å². The molecule has 0 saturated carbocycles. The highest BCUT2D eigenvalue weighted by Gasteiger charge is 2.19. The first-order chi connectivity index (χ1) is 32.0. The Hall–Kier alpha value is -1.85. The summed E-state index contributed by atoms with van der Waals surface area (Å²) < 4.78 is 16.9. The van der Waals surface area contributed by atoms with E-state index < -0.39 is 6.10 Å². The summed E-state index contributed by atoms with van der Waals surface area (Å²) >= 11 is 0. The van der Waals surface area contributed by atoms with Crippen molar-refractivity contribution in [3.8, 4) is 0 Å². The molecule has 0 unspecified atom stereocenters. The third-order valence-corrected chi connectivity index (χ3v) is 13.3. The van der Waals surface area contributed by atoms with Gasteiger partial charge in [-0.15, -0.1) is 0 Å². The van der Waals surface area contributed by atoms with Crippen molar-refractivity contribution in [3.05, 3.63) is 12.2 Å². The first kappa shape index (κ1) is 63.1. The maximum absolute atomic E-state index is 12.8. The van der Waals surface area contributed by atoms with Crippen LogP contribution >= 0.6 is 0 Å². The average Bonchev–Trinajstić information content (AvgIpc) is 3.30. The number of carbonyl (C=O) groups excluding carboxylic acids is 3. The van der Waals surface area contributed by atoms with E-state index in [-0.39, 0.29) is 31.1 Å². The van der Waals surface area contributed by atoms with Crippen molar-refractivity contribution in [3.63, 3.8) is 0 Å². The molecule has 0 aliphatic carbocycles. The Bertz CT molecular complexity index is 1010. The molecule has 0 rings (SSSR count). The molecular formula is C59H112O6. The summed E-state index contributed by atoms with van der Waals surface area (Å²) in [4.78, 5) is 38.1. The van der Waals surface area contributed by atoms with Gasteiger partial charge in [-0.2, -0.15) is 0 Å². The van der Waals surface area contributed by atoms with Gasteiger partial charge in [0.1, 0.15) is 13.2 Å². The van der Waals surface area contributed by atoms with Crippen LogP contribution in [0.25, 0.3) is 0 Å². The van der Waals surface area contributed by atoms with Crippen molar-refractivity contribution in [1.29, 1.82) is 0 Å². The quantitative estimate of drug-likeness (QED) is 0.0262. The first-order valence-electron chi connectivity index (χ1n) is 29.2. The summed E-state index contributed by atoms with van der Waals surface area (Å²) in [6, 6.07) is 0. The van der Waals surface area contributed by atoms with E-state index in [0.717, 1.165) is 57.8 Å². The molecule has 0 N–H and O–H groups in total. The lowest BCUT2D eigenvalue weighted by molar-refractivity contribution is -0.167. The SMILES string of the molecule is CCCCCCCC/C=C\CCCCCCCCCCCC(=O)O[C@@H](COC(=O)CCCCCCCCCCCCC)COC(=O)CCCCCCCCCCCCCCCCCCC. The lowest BCUT2D eigenvalue weighted by Gasteiger charge is -2.18. The van der Waals surface area contributed by atoms with E-state index in [1.54, 1.807) is 0 Å². The second-order valence-electron chi connectivity index (χ2n) is 19.9. The predicted molar refractivity (Wildman–Crippen MR) is 280 cm³/mol. The second kappa shape index (κ2) is 54.8. The van der Waals surface area contributed by atoms with Crippen LogP contribution in [0.15, 0.2) is 12.2 Å². The Morgan fingerprint density at radius 1 is 0.292 bits per heavy atom. The van der Waals surface area contributed by atoms with Gasteiger partial charge in [-0.1, -0.05) is 277 Å². The van der Waals surface area contributed by atoms with Crippen molar-refractivity contribution in [2.75, 3.05) is 13.2 Å². The van der Waals surface area contributed by atoms with Crippen molar-refractivity contribution >= 4 is 17.9 Å². The topological polar surface area (TPSA) is 78.9 Å². The summed E-state index contributed by atoms with van der Waals surface area (Å²) in [5.41, 5.74) is 0. The molecule has 0 radical (unpaired) electrons. The summed E-state index contributed by atoms with van der Waals surface area (Å²) in [6.07, 6.45) is 62.0. The van der Waals surface area contributed by atoms with Crippen LogP contribution in [0, 0.1) is 0 Å². The Kier molecular flexibility index (Phi) is 53.2. The molecule has 0 saturated heterocycles. The third-order valence-electron chi connectivity index (χ3n) is 13.3. The first-order valence-corrected chi connectivity index (χ1v) is 29.2. The van der Waals surface area contributed by atoms with Gasteiger partial charge in [0.25, 0.3) is 0 Å². The molecular weight excluding hydrogens is 805 g/mol. The van der Waals surface area contributed by atoms with E-state index in [1.165, 1.54) is 231 Å². The number of allylic oxidation sites excluding steroid dienone is 2. The average molecular weight is 918 g/mol. The number of hydrogen-bond acceptors (Lipinski definition) is 6. The minimum absolute atomic E-state index is 0.0647. The molecule has 6 nitrogen and oxygen atoms in total. The Morgan fingerprint density at radius 3 is 0.769 bits per heavy atom. The molecule has 0 aliphatic heterocycles. The molecule has 0 aromatic heterocycles. The number of ether oxygens (including phenoxy) is 3. The van der Waals surface area contributed by atoms with Gasteiger partial charge in [0.15, 0.2) is 6.10 Å². The lowest BCUT2D eigenvalue weighted by atomic mass is 10.0. The van der Waals surface area contributed by atoms with Gasteiger partial charge in [0, 0.05) is 19.3 Å². The van der Waals surface area contributed by atoms with Gasteiger partial charge in [0.05, 0.1) is 0 Å². The molecule has 1 atom stereocenters. The molecule has 0 aromatic carbocycles. The van der Waals surface area contributed by atoms with Crippen molar-refractivity contribution < 1.29 is 28.6 Å². The highest BCUT2D eigenvalue weighted by molar-refractivity contribution is 5.71. The highest BCUT2D eigenvalue weighted by atomic mass is 16.6. The molecule has 0 bridgehead atoms. The summed E-state index contributed by atoms with van der Waals surface area (Å²) in [7, 11) is 0. The van der Waals surface area contributed by atoms with E-state index in [2.05, 4.69) is 32.9 Å². The van der Waals surface area contributed by atoms with Gasteiger partial charge in [-0.25, -0.2) is 0 Å². The van der Waals surface area contributed by atoms with Gasteiger partial charge < -0.3 is 14.2 Å². The predicted octanol–water partition coefficient (Wildman–Crippen LogP) is 19.3. The summed E-state index contributed by atoms with van der Waals surface area (Å²) in [5, 5.41) is 0. The number of unbranched alkanes of at least 4 members (excludes halogenated alkanes) is 41. The molecule has 0 amide bonds. The van der Waals surface area contributed by atoms with E-state index in [9.17, 15) is 14.4 Å². The molecule has 0 spiro atoms. The van der Waals surface area contributed by atoms with Crippen molar-refractivity contribution in [2.45, 2.75) is 335 Å². The maximum Gasteiger partial charge on any atom is 0.306 e. The summed E-state index contributed by atoms with van der Waals surface area (Å²) in [5.74, 6) is -0.843. The van der Waals surface area contributed by atoms with Crippen LogP contribution in [0.3, 0.4) is 0 Å². The van der Waals surface area contributed by atoms with Crippen molar-refractivity contribution in [1.82, 2.24) is 0 Å². The molecule has 384 valence electrons. The zero-order chi connectivity index (χ0) is 47.2. The van der Waals surface area contributed by atoms with E-state index in [0.29, 0.717) is 19.3 Å². The monoisotopic (exact) mass is 917 g/mol. The summed E-state index contributed by atoms with van der Waals surface area (Å²) in [6.45, 7) is 6.68. The third kappa shape index (κ3) is 53.0. The minimum Gasteiger partial charge on any atom is -0.462 e. The Labute approximate surface area is 405 Å². The molecule has 65 heavy (non-hydrogen) atoms. The second-order valence-corrected chi connectivity index (χ2v) is 19.9. The fourth-order valence-electron chi connectivity index (χ4n) is 8.85.